The summed E-state index contributed by atoms with van der Waals surface area (Å²) in [6, 6.07) is -0.140. The summed E-state index contributed by atoms with van der Waals surface area (Å²) in [5.41, 5.74) is 11.2. The van der Waals surface area contributed by atoms with E-state index in [0.29, 0.717) is 30.8 Å². The number of hydrogen-bond acceptors (Lipinski definition) is 7. The first-order valence-corrected chi connectivity index (χ1v) is 11.8. The zero-order chi connectivity index (χ0) is 24.0. The average Bonchev–Trinajstić information content (AvgIpc) is 3.41. The number of nitrogens with zero attached hydrogens (tertiary/aromatic N) is 7. The number of aliphatic imine (C=N–C) groups is 3. The Morgan fingerprint density at radius 2 is 2.20 bits per heavy atom. The molecule has 178 valence electrons. The van der Waals surface area contributed by atoms with E-state index >= 15 is 4.39 Å². The number of amidine groups is 1. The predicted octanol–water partition coefficient (Wildman–Crippen LogP) is 2.12. The maximum absolute atomic E-state index is 15.1. The molecule has 0 saturated carbocycles. The zero-order valence-electron chi connectivity index (χ0n) is 19.8. The number of aryl methyl sites for hydroxylation is 1. The van der Waals surface area contributed by atoms with Crippen LogP contribution in [-0.2, 0) is 7.05 Å². The third-order valence-electron chi connectivity index (χ3n) is 7.20. The lowest BCUT2D eigenvalue weighted by molar-refractivity contribution is -0.394. The van der Waals surface area contributed by atoms with E-state index in [2.05, 4.69) is 59.4 Å². The number of nitrogens with one attached hydrogen (secondary N) is 2. The summed E-state index contributed by atoms with van der Waals surface area (Å²) >= 11 is 0. The van der Waals surface area contributed by atoms with Crippen molar-refractivity contribution in [3.05, 3.63) is 52.7 Å². The third-order valence-corrected chi connectivity index (χ3v) is 7.20. The van der Waals surface area contributed by atoms with Crippen LogP contribution < -0.4 is 10.7 Å². The third kappa shape index (κ3) is 3.80. The Balaban J connectivity index is 1.30. The fourth-order valence-corrected chi connectivity index (χ4v) is 5.20. The van der Waals surface area contributed by atoms with Crippen molar-refractivity contribution < 1.29 is 8.97 Å². The highest BCUT2D eigenvalue weighted by atomic mass is 19.1. The van der Waals surface area contributed by atoms with Crippen LogP contribution in [0.1, 0.15) is 31.7 Å². The molecule has 2 N–H and O–H groups in total. The molecule has 1 aromatic rings. The molecule has 0 radical (unpaired) electrons. The molecule has 9 nitrogen and oxygen atoms in total. The van der Waals surface area contributed by atoms with E-state index in [4.69, 9.17) is 0 Å². The van der Waals surface area contributed by atoms with E-state index in [1.807, 2.05) is 25.5 Å². The Bertz CT molecular complexity index is 1380. The van der Waals surface area contributed by atoms with Crippen molar-refractivity contribution in [1.82, 2.24) is 20.5 Å². The van der Waals surface area contributed by atoms with Crippen LogP contribution in [0.15, 0.2) is 67.2 Å². The minimum atomic E-state index is -0.426. The van der Waals surface area contributed by atoms with E-state index in [1.54, 1.807) is 17.1 Å². The van der Waals surface area contributed by atoms with Gasteiger partial charge in [0.1, 0.15) is 29.5 Å². The van der Waals surface area contributed by atoms with Crippen molar-refractivity contribution in [3.8, 4) is 0 Å². The van der Waals surface area contributed by atoms with Crippen molar-refractivity contribution in [2.24, 2.45) is 32.5 Å². The van der Waals surface area contributed by atoms with Gasteiger partial charge in [-0.3, -0.25) is 9.67 Å². The molecule has 0 saturated heterocycles. The first-order chi connectivity index (χ1) is 17.0. The van der Waals surface area contributed by atoms with Crippen LogP contribution in [-0.4, -0.2) is 70.2 Å². The Hall–Kier alpha value is -3.91. The summed E-state index contributed by atoms with van der Waals surface area (Å²) in [7, 11) is 1.84. The Morgan fingerprint density at radius 3 is 3.06 bits per heavy atom. The highest BCUT2D eigenvalue weighted by Gasteiger charge is 2.49. The fraction of sp³-hybridized carbons (Fsp3) is 0.400. The molecule has 0 aromatic carbocycles. The minimum Gasteiger partial charge on any atom is -0.381 e. The first-order valence-electron chi connectivity index (χ1n) is 11.8. The molecule has 1 aliphatic carbocycles. The maximum Gasteiger partial charge on any atom is 0.325 e. The monoisotopic (exact) mass is 472 g/mol. The highest BCUT2D eigenvalue weighted by Crippen LogP contribution is 2.48. The second kappa shape index (κ2) is 8.39. The number of halogens is 1. The number of allylic oxidation sites excluding steroid dienone is 2. The van der Waals surface area contributed by atoms with Gasteiger partial charge in [0.2, 0.25) is 0 Å². The van der Waals surface area contributed by atoms with Gasteiger partial charge >= 0.3 is 5.84 Å². The molecule has 0 bridgehead atoms. The predicted molar refractivity (Wildman–Crippen MR) is 135 cm³/mol. The number of aromatic nitrogens is 2. The van der Waals surface area contributed by atoms with Gasteiger partial charge in [0.25, 0.3) is 0 Å². The van der Waals surface area contributed by atoms with Crippen molar-refractivity contribution in [2.45, 2.75) is 32.2 Å². The van der Waals surface area contributed by atoms with Gasteiger partial charge in [0.05, 0.1) is 37.3 Å². The fourth-order valence-electron chi connectivity index (χ4n) is 5.20. The Morgan fingerprint density at radius 1 is 1.29 bits per heavy atom. The number of hydrogen-bond donors (Lipinski definition) is 2. The van der Waals surface area contributed by atoms with Crippen LogP contribution in [0, 0.1) is 5.41 Å². The van der Waals surface area contributed by atoms with E-state index in [-0.39, 0.29) is 18.3 Å². The smallest absolute Gasteiger partial charge is 0.325 e. The minimum absolute atomic E-state index is 0.112. The van der Waals surface area contributed by atoms with Crippen LogP contribution in [0.25, 0.3) is 5.57 Å². The van der Waals surface area contributed by atoms with Crippen LogP contribution in [0.4, 0.5) is 4.39 Å². The second-order valence-electron chi connectivity index (χ2n) is 9.51. The molecule has 2 atom stereocenters. The van der Waals surface area contributed by atoms with Crippen molar-refractivity contribution in [1.29, 1.82) is 0 Å². The summed E-state index contributed by atoms with van der Waals surface area (Å²) in [5.74, 6) is 0.693. The number of hydrazone groups is 1. The van der Waals surface area contributed by atoms with E-state index < -0.39 is 5.41 Å². The SMILES string of the molecule is Cn1cc(C2=C(F)CC3NN=C(C4=C=CC([N+]5=CCC6=C(C5)N=CCN6)=NCC=N4)C3(C)C2)cn1. The average molecular weight is 473 g/mol. The molecule has 5 heterocycles. The van der Waals surface area contributed by atoms with Gasteiger partial charge in [-0.2, -0.15) is 10.2 Å². The summed E-state index contributed by atoms with van der Waals surface area (Å²) in [4.78, 5) is 13.9. The lowest BCUT2D eigenvalue weighted by atomic mass is 9.68. The zero-order valence-corrected chi connectivity index (χ0v) is 19.8. The lowest BCUT2D eigenvalue weighted by Crippen LogP contribution is -2.43. The molecule has 5 aliphatic rings. The van der Waals surface area contributed by atoms with Gasteiger partial charge in [-0.25, -0.2) is 14.0 Å². The van der Waals surface area contributed by atoms with Gasteiger partial charge in [-0.1, -0.05) is 17.6 Å². The summed E-state index contributed by atoms with van der Waals surface area (Å²) < 4.78 is 18.9. The number of fused-ring (bicyclic) bond motifs is 1. The molecule has 1 aromatic heterocycles. The van der Waals surface area contributed by atoms with Crippen LogP contribution >= 0.6 is 0 Å². The lowest BCUT2D eigenvalue weighted by Gasteiger charge is -2.36. The van der Waals surface area contributed by atoms with Crippen molar-refractivity contribution >= 4 is 35.8 Å². The molecule has 6 rings (SSSR count). The molecule has 2 unspecified atom stereocenters. The number of rotatable bonds is 2. The van der Waals surface area contributed by atoms with Gasteiger partial charge in [-0.05, 0) is 12.0 Å². The molecular formula is C25H27FN9+. The Labute approximate surface area is 202 Å². The second-order valence-corrected chi connectivity index (χ2v) is 9.51. The van der Waals surface area contributed by atoms with Crippen LogP contribution in [0.2, 0.25) is 0 Å². The van der Waals surface area contributed by atoms with E-state index in [9.17, 15) is 0 Å². The first kappa shape index (κ1) is 21.6. The molecule has 10 heteroatoms. The van der Waals surface area contributed by atoms with Crippen LogP contribution in [0.3, 0.4) is 0 Å². The molecule has 0 amide bonds. The highest BCUT2D eigenvalue weighted by molar-refractivity contribution is 6.08. The van der Waals surface area contributed by atoms with Crippen molar-refractivity contribution in [3.63, 3.8) is 0 Å². The van der Waals surface area contributed by atoms with Gasteiger partial charge in [-0.15, -0.1) is 0 Å². The van der Waals surface area contributed by atoms with Crippen LogP contribution in [0.5, 0.6) is 0 Å². The van der Waals surface area contributed by atoms with E-state index in [0.717, 1.165) is 35.8 Å². The van der Waals surface area contributed by atoms with Gasteiger partial charge in [0.15, 0.2) is 6.54 Å². The van der Waals surface area contributed by atoms with Crippen molar-refractivity contribution in [2.75, 3.05) is 19.6 Å². The molecule has 0 fully saturated rings. The van der Waals surface area contributed by atoms with Gasteiger partial charge < -0.3 is 10.7 Å². The molecule has 35 heavy (non-hydrogen) atoms. The van der Waals surface area contributed by atoms with E-state index in [1.165, 1.54) is 5.70 Å². The quantitative estimate of drug-likeness (QED) is 0.510. The largest absolute Gasteiger partial charge is 0.381 e. The summed E-state index contributed by atoms with van der Waals surface area (Å²) in [5, 5.41) is 12.2. The van der Waals surface area contributed by atoms with Gasteiger partial charge in [0, 0.05) is 49.0 Å². The standard InChI is InChI=1S/C25H27FN9/c1-25-12-17(16-13-31-34(2)14-16)18(26)11-22(25)32-33-24(25)20-3-4-23(30-9-8-28-20)35-10-5-19-21(15-35)29-7-6-27-19/h4,7-8,10,13-14,22,27,32H,5-6,9,11-12,15H2,1-2H3/q+1. The topological polar surface area (TPSA) is 94.3 Å². The molecule has 4 aliphatic heterocycles. The molecule has 0 spiro atoms. The Kier molecular flexibility index (Phi) is 5.18. The molecular weight excluding hydrogens is 445 g/mol. The summed E-state index contributed by atoms with van der Waals surface area (Å²) in [6.07, 6.45) is 12.8. The maximum atomic E-state index is 15.1. The normalized spacial score (nSPS) is 27.7. The summed E-state index contributed by atoms with van der Waals surface area (Å²) in [6.45, 7) is 4.00.